The van der Waals surface area contributed by atoms with Crippen LogP contribution in [0.25, 0.3) is 0 Å². The van der Waals surface area contributed by atoms with Crippen molar-refractivity contribution in [3.8, 4) is 6.07 Å². The van der Waals surface area contributed by atoms with Crippen molar-refractivity contribution in [3.63, 3.8) is 0 Å². The third-order valence-corrected chi connectivity index (χ3v) is 2.67. The Hall–Kier alpha value is -1.37. The van der Waals surface area contributed by atoms with Crippen molar-refractivity contribution in [2.75, 3.05) is 0 Å². The van der Waals surface area contributed by atoms with Crippen LogP contribution in [0.3, 0.4) is 0 Å². The predicted octanol–water partition coefficient (Wildman–Crippen LogP) is 1.53. The molecular weight excluding hydrogens is 164 g/mol. The lowest BCUT2D eigenvalue weighted by Crippen LogP contribution is -2.22. The maximum absolute atomic E-state index is 8.95. The standard InChI is InChI=1S/C9H12N4/c10-5-8-3-1-2-4-9(8)13-7-11-6-12-13/h6-9H,1-4H2. The zero-order valence-corrected chi connectivity index (χ0v) is 7.43. The Labute approximate surface area is 77.2 Å². The number of nitriles is 1. The minimum atomic E-state index is 0.121. The Morgan fingerprint density at radius 3 is 2.92 bits per heavy atom. The van der Waals surface area contributed by atoms with Crippen molar-refractivity contribution in [3.05, 3.63) is 12.7 Å². The van der Waals surface area contributed by atoms with Gasteiger partial charge in [0.2, 0.25) is 0 Å². The summed E-state index contributed by atoms with van der Waals surface area (Å²) in [5.74, 6) is 0.121. The molecule has 1 aromatic heterocycles. The first-order valence-electron chi connectivity index (χ1n) is 4.65. The lowest BCUT2D eigenvalue weighted by molar-refractivity contribution is 0.270. The highest BCUT2D eigenvalue weighted by Gasteiger charge is 2.26. The van der Waals surface area contributed by atoms with E-state index in [9.17, 15) is 0 Å². The highest BCUT2D eigenvalue weighted by atomic mass is 15.3. The van der Waals surface area contributed by atoms with E-state index < -0.39 is 0 Å². The van der Waals surface area contributed by atoms with Gasteiger partial charge in [-0.2, -0.15) is 10.4 Å². The molecule has 0 radical (unpaired) electrons. The van der Waals surface area contributed by atoms with Crippen LogP contribution in [0.4, 0.5) is 0 Å². The van der Waals surface area contributed by atoms with Gasteiger partial charge in [-0.05, 0) is 12.8 Å². The van der Waals surface area contributed by atoms with E-state index in [0.29, 0.717) is 0 Å². The third kappa shape index (κ3) is 1.55. The average Bonchev–Trinajstić information content (AvgIpc) is 2.70. The van der Waals surface area contributed by atoms with Crippen LogP contribution in [0.15, 0.2) is 12.7 Å². The molecular formula is C9H12N4. The topological polar surface area (TPSA) is 54.5 Å². The van der Waals surface area contributed by atoms with Crippen LogP contribution in [0, 0.1) is 17.2 Å². The van der Waals surface area contributed by atoms with Crippen LogP contribution in [-0.4, -0.2) is 14.8 Å². The van der Waals surface area contributed by atoms with Gasteiger partial charge in [-0.3, -0.25) is 0 Å². The van der Waals surface area contributed by atoms with Crippen molar-refractivity contribution in [1.29, 1.82) is 5.26 Å². The zero-order chi connectivity index (χ0) is 9.10. The Balaban J connectivity index is 2.17. The average molecular weight is 176 g/mol. The van der Waals surface area contributed by atoms with Crippen molar-refractivity contribution < 1.29 is 0 Å². The third-order valence-electron chi connectivity index (χ3n) is 2.67. The van der Waals surface area contributed by atoms with Gasteiger partial charge in [0.05, 0.1) is 18.0 Å². The normalized spacial score (nSPS) is 28.2. The Bertz CT molecular complexity index is 298. The first-order chi connectivity index (χ1) is 6.42. The van der Waals surface area contributed by atoms with Gasteiger partial charge in [-0.1, -0.05) is 12.8 Å². The van der Waals surface area contributed by atoms with Crippen LogP contribution in [0.5, 0.6) is 0 Å². The van der Waals surface area contributed by atoms with E-state index in [4.69, 9.17) is 5.26 Å². The van der Waals surface area contributed by atoms with E-state index in [-0.39, 0.29) is 12.0 Å². The van der Waals surface area contributed by atoms with Crippen LogP contribution in [-0.2, 0) is 0 Å². The quantitative estimate of drug-likeness (QED) is 0.652. The molecule has 0 aromatic carbocycles. The second-order valence-corrected chi connectivity index (χ2v) is 3.46. The van der Waals surface area contributed by atoms with Gasteiger partial charge in [-0.15, -0.1) is 0 Å². The maximum Gasteiger partial charge on any atom is 0.137 e. The van der Waals surface area contributed by atoms with Gasteiger partial charge in [-0.25, -0.2) is 9.67 Å². The van der Waals surface area contributed by atoms with E-state index in [0.717, 1.165) is 12.8 Å². The van der Waals surface area contributed by atoms with E-state index in [1.807, 2.05) is 4.68 Å². The number of nitrogens with zero attached hydrogens (tertiary/aromatic N) is 4. The smallest absolute Gasteiger partial charge is 0.137 e. The monoisotopic (exact) mass is 176 g/mol. The fraction of sp³-hybridized carbons (Fsp3) is 0.667. The van der Waals surface area contributed by atoms with Gasteiger partial charge >= 0.3 is 0 Å². The van der Waals surface area contributed by atoms with Crippen molar-refractivity contribution in [1.82, 2.24) is 14.8 Å². The second-order valence-electron chi connectivity index (χ2n) is 3.46. The largest absolute Gasteiger partial charge is 0.249 e. The summed E-state index contributed by atoms with van der Waals surface area (Å²) in [6.45, 7) is 0. The molecule has 2 unspecified atom stereocenters. The molecule has 1 fully saturated rings. The summed E-state index contributed by atoms with van der Waals surface area (Å²) in [6.07, 6.45) is 7.66. The second kappa shape index (κ2) is 3.56. The fourth-order valence-corrected chi connectivity index (χ4v) is 1.97. The molecule has 1 aliphatic carbocycles. The summed E-state index contributed by atoms with van der Waals surface area (Å²) in [5.41, 5.74) is 0. The summed E-state index contributed by atoms with van der Waals surface area (Å²) < 4.78 is 1.83. The molecule has 0 aliphatic heterocycles. The van der Waals surface area contributed by atoms with Crippen molar-refractivity contribution in [2.45, 2.75) is 31.7 Å². The van der Waals surface area contributed by atoms with E-state index in [2.05, 4.69) is 16.2 Å². The summed E-state index contributed by atoms with van der Waals surface area (Å²) in [6, 6.07) is 2.60. The minimum absolute atomic E-state index is 0.121. The highest BCUT2D eigenvalue weighted by Crippen LogP contribution is 2.32. The lowest BCUT2D eigenvalue weighted by atomic mass is 9.86. The minimum Gasteiger partial charge on any atom is -0.249 e. The number of rotatable bonds is 1. The Morgan fingerprint density at radius 2 is 2.23 bits per heavy atom. The van der Waals surface area contributed by atoms with Crippen LogP contribution in [0.2, 0.25) is 0 Å². The van der Waals surface area contributed by atoms with Crippen molar-refractivity contribution >= 4 is 0 Å². The molecule has 0 bridgehead atoms. The molecule has 1 aromatic rings. The summed E-state index contributed by atoms with van der Waals surface area (Å²) in [7, 11) is 0. The SMILES string of the molecule is N#CC1CCCCC1n1cncn1. The van der Waals surface area contributed by atoms with E-state index in [1.165, 1.54) is 19.2 Å². The Morgan fingerprint density at radius 1 is 1.38 bits per heavy atom. The molecule has 0 spiro atoms. The molecule has 4 heteroatoms. The summed E-state index contributed by atoms with van der Waals surface area (Å²) in [4.78, 5) is 3.91. The van der Waals surface area contributed by atoms with E-state index >= 15 is 0 Å². The number of hydrogen-bond donors (Lipinski definition) is 0. The molecule has 4 nitrogen and oxygen atoms in total. The van der Waals surface area contributed by atoms with E-state index in [1.54, 1.807) is 6.33 Å². The molecule has 13 heavy (non-hydrogen) atoms. The fourth-order valence-electron chi connectivity index (χ4n) is 1.97. The number of hydrogen-bond acceptors (Lipinski definition) is 3. The van der Waals surface area contributed by atoms with Gasteiger partial charge in [0.25, 0.3) is 0 Å². The zero-order valence-electron chi connectivity index (χ0n) is 7.43. The molecule has 2 atom stereocenters. The van der Waals surface area contributed by atoms with Crippen LogP contribution in [0.1, 0.15) is 31.7 Å². The summed E-state index contributed by atoms with van der Waals surface area (Å²) in [5, 5.41) is 13.0. The predicted molar refractivity (Wildman–Crippen MR) is 46.6 cm³/mol. The molecule has 0 amide bonds. The maximum atomic E-state index is 8.95. The number of aromatic nitrogens is 3. The Kier molecular flexibility index (Phi) is 2.26. The molecule has 2 rings (SSSR count). The first-order valence-corrected chi connectivity index (χ1v) is 4.65. The molecule has 1 heterocycles. The molecule has 1 aliphatic rings. The lowest BCUT2D eigenvalue weighted by Gasteiger charge is -2.26. The first kappa shape index (κ1) is 8.24. The van der Waals surface area contributed by atoms with Gasteiger partial charge in [0.1, 0.15) is 12.7 Å². The van der Waals surface area contributed by atoms with Gasteiger partial charge < -0.3 is 0 Å². The molecule has 0 saturated heterocycles. The molecule has 1 saturated carbocycles. The molecule has 68 valence electrons. The highest BCUT2D eigenvalue weighted by molar-refractivity contribution is 4.93. The van der Waals surface area contributed by atoms with Gasteiger partial charge in [0.15, 0.2) is 0 Å². The van der Waals surface area contributed by atoms with Gasteiger partial charge in [0, 0.05) is 0 Å². The summed E-state index contributed by atoms with van der Waals surface area (Å²) >= 11 is 0. The molecule has 0 N–H and O–H groups in total. The van der Waals surface area contributed by atoms with Crippen LogP contribution < -0.4 is 0 Å². The van der Waals surface area contributed by atoms with Crippen molar-refractivity contribution in [2.24, 2.45) is 5.92 Å². The van der Waals surface area contributed by atoms with Crippen LogP contribution >= 0.6 is 0 Å².